The van der Waals surface area contributed by atoms with Crippen molar-refractivity contribution in [2.24, 2.45) is 5.92 Å². The van der Waals surface area contributed by atoms with Crippen molar-refractivity contribution in [2.75, 3.05) is 26.8 Å². The van der Waals surface area contributed by atoms with Crippen LogP contribution in [0.15, 0.2) is 17.6 Å². The molecule has 1 amide bonds. The lowest BCUT2D eigenvalue weighted by molar-refractivity contribution is 0.0129. The molecule has 10 heteroatoms. The molecule has 2 fully saturated rings. The molecule has 1 saturated carbocycles. The Morgan fingerprint density at radius 1 is 1.25 bits per heavy atom. The Labute approximate surface area is 221 Å². The minimum absolute atomic E-state index is 0.0594. The molecule has 0 N–H and O–H groups in total. The van der Waals surface area contributed by atoms with Gasteiger partial charge in [0.1, 0.15) is 16.3 Å². The van der Waals surface area contributed by atoms with Gasteiger partial charge >= 0.3 is 6.09 Å². The molecule has 4 heterocycles. The molecular formula is C26H34ClN5O3S. The summed E-state index contributed by atoms with van der Waals surface area (Å²) in [6, 6.07) is 2.18. The van der Waals surface area contributed by atoms with Crippen LogP contribution in [-0.4, -0.2) is 63.1 Å². The lowest BCUT2D eigenvalue weighted by Crippen LogP contribution is -2.43. The zero-order chi connectivity index (χ0) is 25.6. The molecule has 3 atom stereocenters. The van der Waals surface area contributed by atoms with Crippen LogP contribution >= 0.6 is 22.9 Å². The van der Waals surface area contributed by atoms with Gasteiger partial charge in [-0.3, -0.25) is 4.68 Å². The summed E-state index contributed by atoms with van der Waals surface area (Å²) >= 11 is 8.35. The summed E-state index contributed by atoms with van der Waals surface area (Å²) in [5, 5.41) is 8.52. The summed E-state index contributed by atoms with van der Waals surface area (Å²) in [6.45, 7) is 9.50. The number of ether oxygens (including phenoxy) is 2. The van der Waals surface area contributed by atoms with E-state index in [1.54, 1.807) is 23.3 Å². The molecule has 36 heavy (non-hydrogen) atoms. The molecule has 1 aliphatic heterocycles. The van der Waals surface area contributed by atoms with Gasteiger partial charge in [-0.25, -0.2) is 14.8 Å². The predicted octanol–water partition coefficient (Wildman–Crippen LogP) is 5.96. The van der Waals surface area contributed by atoms with Crippen LogP contribution in [0.4, 0.5) is 4.79 Å². The van der Waals surface area contributed by atoms with Crippen LogP contribution in [-0.2, 0) is 9.47 Å². The van der Waals surface area contributed by atoms with Gasteiger partial charge in [0.2, 0.25) is 0 Å². The molecule has 8 nitrogen and oxygen atoms in total. The van der Waals surface area contributed by atoms with E-state index in [4.69, 9.17) is 31.2 Å². The van der Waals surface area contributed by atoms with Crippen molar-refractivity contribution in [2.45, 2.75) is 70.4 Å². The average Bonchev–Trinajstić information content (AvgIpc) is 3.29. The smallest absolute Gasteiger partial charge is 0.410 e. The Morgan fingerprint density at radius 2 is 2.00 bits per heavy atom. The molecule has 0 radical (unpaired) electrons. The van der Waals surface area contributed by atoms with E-state index in [2.05, 4.69) is 22.6 Å². The van der Waals surface area contributed by atoms with Crippen LogP contribution in [0, 0.1) is 12.8 Å². The minimum Gasteiger partial charge on any atom is -0.444 e. The fourth-order valence-corrected chi connectivity index (χ4v) is 6.40. The number of rotatable bonds is 6. The number of amides is 1. The standard InChI is InChI=1S/C26H34ClN5O3S/c1-15-28-22(17-8-11-36-24(17)29-15)19-12-18(19)20-13-32(30-23(20)27)21(14-34-5)16-6-9-31(10-7-16)25(33)35-26(2,3)4/h8,11,13,16,18-19,21H,6-7,9-10,12,14H2,1-5H3. The molecule has 5 rings (SSSR count). The normalized spacial score (nSPS) is 21.7. The van der Waals surface area contributed by atoms with Gasteiger partial charge in [0.25, 0.3) is 0 Å². The monoisotopic (exact) mass is 531 g/mol. The molecule has 0 aromatic carbocycles. The van der Waals surface area contributed by atoms with Crippen molar-refractivity contribution >= 4 is 39.2 Å². The van der Waals surface area contributed by atoms with E-state index in [1.165, 1.54) is 0 Å². The quantitative estimate of drug-likeness (QED) is 0.390. The number of carbonyl (C=O) groups excluding carboxylic acids is 1. The Morgan fingerprint density at radius 3 is 2.69 bits per heavy atom. The van der Waals surface area contributed by atoms with Gasteiger partial charge in [-0.15, -0.1) is 11.3 Å². The third kappa shape index (κ3) is 5.24. The Balaban J connectivity index is 1.29. The number of hydrogen-bond donors (Lipinski definition) is 0. The van der Waals surface area contributed by atoms with Gasteiger partial charge in [-0.05, 0) is 70.2 Å². The van der Waals surface area contributed by atoms with Gasteiger partial charge < -0.3 is 14.4 Å². The first-order valence-electron chi connectivity index (χ1n) is 12.6. The summed E-state index contributed by atoms with van der Waals surface area (Å²) in [5.74, 6) is 1.78. The summed E-state index contributed by atoms with van der Waals surface area (Å²) < 4.78 is 13.1. The van der Waals surface area contributed by atoms with E-state index in [-0.39, 0.29) is 12.1 Å². The number of methoxy groups -OCH3 is 1. The van der Waals surface area contributed by atoms with E-state index in [0.29, 0.717) is 42.6 Å². The number of carbonyl (C=O) groups is 1. The molecule has 2 aliphatic rings. The highest BCUT2D eigenvalue weighted by atomic mass is 35.5. The first kappa shape index (κ1) is 25.4. The maximum Gasteiger partial charge on any atom is 0.410 e. The van der Waals surface area contributed by atoms with Crippen molar-refractivity contribution in [1.82, 2.24) is 24.6 Å². The lowest BCUT2D eigenvalue weighted by atomic mass is 9.90. The van der Waals surface area contributed by atoms with Gasteiger partial charge in [0, 0.05) is 43.3 Å². The highest BCUT2D eigenvalue weighted by Gasteiger charge is 2.44. The Bertz CT molecular complexity index is 1240. The fraction of sp³-hybridized carbons (Fsp3) is 0.615. The van der Waals surface area contributed by atoms with Crippen LogP contribution in [0.2, 0.25) is 5.15 Å². The van der Waals surface area contributed by atoms with Crippen LogP contribution in [0.1, 0.15) is 75.0 Å². The van der Waals surface area contributed by atoms with E-state index < -0.39 is 5.60 Å². The third-order valence-electron chi connectivity index (χ3n) is 7.13. The number of halogens is 1. The van der Waals surface area contributed by atoms with Gasteiger partial charge in [-0.1, -0.05) is 11.6 Å². The summed E-state index contributed by atoms with van der Waals surface area (Å²) in [4.78, 5) is 24.7. The van der Waals surface area contributed by atoms with E-state index in [0.717, 1.165) is 46.6 Å². The number of hydrogen-bond acceptors (Lipinski definition) is 7. The van der Waals surface area contributed by atoms with Crippen LogP contribution in [0.25, 0.3) is 10.2 Å². The zero-order valence-electron chi connectivity index (χ0n) is 21.5. The molecule has 1 aliphatic carbocycles. The predicted molar refractivity (Wildman–Crippen MR) is 141 cm³/mol. The Kier molecular flexibility index (Phi) is 7.00. The van der Waals surface area contributed by atoms with Gasteiger partial charge in [-0.2, -0.15) is 5.10 Å². The minimum atomic E-state index is -0.491. The molecular weight excluding hydrogens is 498 g/mol. The molecule has 194 valence electrons. The topological polar surface area (TPSA) is 82.4 Å². The van der Waals surface area contributed by atoms with Crippen LogP contribution in [0.3, 0.4) is 0 Å². The molecule has 0 bridgehead atoms. The highest BCUT2D eigenvalue weighted by Crippen LogP contribution is 2.57. The van der Waals surface area contributed by atoms with Crippen molar-refractivity contribution in [3.63, 3.8) is 0 Å². The third-order valence-corrected chi connectivity index (χ3v) is 8.23. The van der Waals surface area contributed by atoms with Crippen LogP contribution in [0.5, 0.6) is 0 Å². The fourth-order valence-electron chi connectivity index (χ4n) is 5.31. The molecule has 3 aromatic rings. The van der Waals surface area contributed by atoms with E-state index in [1.807, 2.05) is 32.4 Å². The number of aromatic nitrogens is 4. The maximum atomic E-state index is 12.5. The Hall–Kier alpha value is -2.23. The molecule has 0 spiro atoms. The number of likely N-dealkylation sites (tertiary alicyclic amines) is 1. The second-order valence-electron chi connectivity index (χ2n) is 10.9. The van der Waals surface area contributed by atoms with E-state index >= 15 is 0 Å². The van der Waals surface area contributed by atoms with Crippen molar-refractivity contribution in [3.8, 4) is 0 Å². The van der Waals surface area contributed by atoms with Gasteiger partial charge in [0.05, 0.1) is 18.3 Å². The maximum absolute atomic E-state index is 12.5. The van der Waals surface area contributed by atoms with Gasteiger partial charge in [0.15, 0.2) is 5.15 Å². The van der Waals surface area contributed by atoms with Crippen molar-refractivity contribution in [1.29, 1.82) is 0 Å². The van der Waals surface area contributed by atoms with Crippen molar-refractivity contribution < 1.29 is 14.3 Å². The number of thiophene rings is 1. The SMILES string of the molecule is COCC(C1CCN(C(=O)OC(C)(C)C)CC1)n1cc(C2CC2c2nc(C)nc3sccc23)c(Cl)n1. The average molecular weight is 532 g/mol. The number of piperidine rings is 1. The summed E-state index contributed by atoms with van der Waals surface area (Å²) in [7, 11) is 1.72. The second kappa shape index (κ2) is 9.91. The second-order valence-corrected chi connectivity index (χ2v) is 12.2. The molecule has 3 unspecified atom stereocenters. The molecule has 1 saturated heterocycles. The van der Waals surface area contributed by atoms with E-state index in [9.17, 15) is 4.79 Å². The summed E-state index contributed by atoms with van der Waals surface area (Å²) in [6.07, 6.45) is 4.60. The number of aryl methyl sites for hydroxylation is 1. The first-order chi connectivity index (χ1) is 17.1. The largest absolute Gasteiger partial charge is 0.444 e. The zero-order valence-corrected chi connectivity index (χ0v) is 23.1. The lowest BCUT2D eigenvalue weighted by Gasteiger charge is -2.36. The number of nitrogens with zero attached hydrogens (tertiary/aromatic N) is 5. The number of fused-ring (bicyclic) bond motifs is 1. The summed E-state index contributed by atoms with van der Waals surface area (Å²) in [5.41, 5.74) is 1.71. The van der Waals surface area contributed by atoms with Crippen LogP contribution < -0.4 is 0 Å². The first-order valence-corrected chi connectivity index (χ1v) is 13.8. The van der Waals surface area contributed by atoms with Crippen molar-refractivity contribution in [3.05, 3.63) is 39.9 Å². The molecule has 3 aromatic heterocycles. The highest BCUT2D eigenvalue weighted by molar-refractivity contribution is 7.16.